The summed E-state index contributed by atoms with van der Waals surface area (Å²) >= 11 is 6.24. The lowest BCUT2D eigenvalue weighted by atomic mass is 9.95. The molecule has 9 heteroatoms. The van der Waals surface area contributed by atoms with E-state index in [-0.39, 0.29) is 18.5 Å². The van der Waals surface area contributed by atoms with Crippen LogP contribution in [0.4, 0.5) is 5.69 Å². The minimum atomic E-state index is -3.81. The maximum atomic E-state index is 13.7. The monoisotopic (exact) mass is 533 g/mol. The van der Waals surface area contributed by atoms with Gasteiger partial charge in [-0.25, -0.2) is 8.42 Å². The van der Waals surface area contributed by atoms with Crippen molar-refractivity contribution in [1.82, 2.24) is 10.2 Å². The van der Waals surface area contributed by atoms with E-state index >= 15 is 0 Å². The summed E-state index contributed by atoms with van der Waals surface area (Å²) in [6, 6.07) is 12.0. The Balaban J connectivity index is 1.89. The van der Waals surface area contributed by atoms with E-state index in [2.05, 4.69) is 5.32 Å². The van der Waals surface area contributed by atoms with E-state index in [1.165, 1.54) is 11.3 Å². The maximum Gasteiger partial charge on any atom is 0.244 e. The van der Waals surface area contributed by atoms with E-state index < -0.39 is 28.5 Å². The summed E-state index contributed by atoms with van der Waals surface area (Å²) in [4.78, 5) is 28.3. The minimum Gasteiger partial charge on any atom is -0.352 e. The fraction of sp³-hybridized carbons (Fsp3) is 0.481. The molecule has 1 aliphatic rings. The zero-order valence-electron chi connectivity index (χ0n) is 21.5. The zero-order chi connectivity index (χ0) is 26.5. The third-order valence-electron chi connectivity index (χ3n) is 6.78. The molecule has 0 spiro atoms. The number of carbonyl (C=O) groups excluding carboxylic acids is 2. The Bertz CT molecular complexity index is 1180. The van der Waals surface area contributed by atoms with Crippen molar-refractivity contribution >= 4 is 39.1 Å². The molecule has 0 saturated heterocycles. The van der Waals surface area contributed by atoms with E-state index in [1.54, 1.807) is 32.0 Å². The number of nitrogens with one attached hydrogen (secondary N) is 1. The third-order valence-corrected chi connectivity index (χ3v) is 8.32. The van der Waals surface area contributed by atoms with Crippen molar-refractivity contribution in [2.24, 2.45) is 0 Å². The van der Waals surface area contributed by atoms with Gasteiger partial charge >= 0.3 is 0 Å². The van der Waals surface area contributed by atoms with Crippen LogP contribution < -0.4 is 9.62 Å². The molecule has 7 nitrogen and oxygen atoms in total. The first-order valence-electron chi connectivity index (χ1n) is 12.4. The molecule has 0 bridgehead atoms. The van der Waals surface area contributed by atoms with E-state index in [0.29, 0.717) is 16.3 Å². The average molecular weight is 534 g/mol. The standard InChI is InChI=1S/C27H36ClN3O4S/c1-19-13-15-22(16-14-19)17-30(21(3)27(33)29-23-9-6-5-7-10-23)26(32)18-31(36(4,34)35)25-12-8-11-24(28)20(25)2/h8,11-16,21,23H,5-7,9-10,17-18H2,1-4H3,(H,29,33)/t21-/m0/s1. The molecule has 0 unspecified atom stereocenters. The Morgan fingerprint density at radius 1 is 1.06 bits per heavy atom. The largest absolute Gasteiger partial charge is 0.352 e. The molecule has 2 aromatic carbocycles. The third kappa shape index (κ3) is 7.23. The van der Waals surface area contributed by atoms with Crippen molar-refractivity contribution in [3.05, 3.63) is 64.2 Å². The summed E-state index contributed by atoms with van der Waals surface area (Å²) < 4.78 is 26.6. The van der Waals surface area contributed by atoms with Gasteiger partial charge in [0.25, 0.3) is 0 Å². The molecule has 1 N–H and O–H groups in total. The molecule has 36 heavy (non-hydrogen) atoms. The van der Waals surface area contributed by atoms with Gasteiger partial charge in [0.2, 0.25) is 21.8 Å². The van der Waals surface area contributed by atoms with Crippen molar-refractivity contribution in [2.75, 3.05) is 17.1 Å². The van der Waals surface area contributed by atoms with E-state index in [9.17, 15) is 18.0 Å². The van der Waals surface area contributed by atoms with Crippen molar-refractivity contribution in [1.29, 1.82) is 0 Å². The Morgan fingerprint density at radius 2 is 1.69 bits per heavy atom. The summed E-state index contributed by atoms with van der Waals surface area (Å²) in [6.45, 7) is 5.13. The second kappa shape index (κ2) is 12.1. The molecular formula is C27H36ClN3O4S. The number of rotatable bonds is 9. The van der Waals surface area contributed by atoms with Crippen molar-refractivity contribution in [3.63, 3.8) is 0 Å². The number of hydrogen-bond donors (Lipinski definition) is 1. The SMILES string of the molecule is Cc1ccc(CN(C(=O)CN(c2cccc(Cl)c2C)S(C)(=O)=O)[C@@H](C)C(=O)NC2CCCCC2)cc1. The van der Waals surface area contributed by atoms with Crippen LogP contribution >= 0.6 is 11.6 Å². The normalized spacial score (nSPS) is 15.2. The molecule has 2 amide bonds. The van der Waals surface area contributed by atoms with Crippen molar-refractivity contribution < 1.29 is 18.0 Å². The first kappa shape index (κ1) is 28.0. The number of halogens is 1. The molecule has 2 aromatic rings. The fourth-order valence-corrected chi connectivity index (χ4v) is 5.57. The summed E-state index contributed by atoms with van der Waals surface area (Å²) in [5, 5.41) is 3.51. The van der Waals surface area contributed by atoms with Crippen LogP contribution in [0.2, 0.25) is 5.02 Å². The highest BCUT2D eigenvalue weighted by Crippen LogP contribution is 2.28. The molecule has 0 radical (unpaired) electrons. The first-order chi connectivity index (χ1) is 17.0. The van der Waals surface area contributed by atoms with Gasteiger partial charge in [0.15, 0.2) is 0 Å². The molecule has 0 aromatic heterocycles. The molecule has 1 fully saturated rings. The van der Waals surface area contributed by atoms with Crippen LogP contribution in [0.15, 0.2) is 42.5 Å². The number of nitrogens with zero attached hydrogens (tertiary/aromatic N) is 2. The number of anilines is 1. The maximum absolute atomic E-state index is 13.7. The van der Waals surface area contributed by atoms with Crippen LogP contribution in [-0.2, 0) is 26.2 Å². The van der Waals surface area contributed by atoms with E-state index in [1.807, 2.05) is 31.2 Å². The Morgan fingerprint density at radius 3 is 2.31 bits per heavy atom. The lowest BCUT2D eigenvalue weighted by molar-refractivity contribution is -0.139. The van der Waals surface area contributed by atoms with Gasteiger partial charge in [-0.2, -0.15) is 0 Å². The molecule has 1 atom stereocenters. The van der Waals surface area contributed by atoms with Gasteiger partial charge in [0.1, 0.15) is 12.6 Å². The van der Waals surface area contributed by atoms with Crippen LogP contribution in [0.5, 0.6) is 0 Å². The van der Waals surface area contributed by atoms with Crippen LogP contribution in [0.1, 0.15) is 55.7 Å². The minimum absolute atomic E-state index is 0.103. The molecule has 0 heterocycles. The van der Waals surface area contributed by atoms with Gasteiger partial charge in [-0.3, -0.25) is 13.9 Å². The van der Waals surface area contributed by atoms with Gasteiger partial charge in [0.05, 0.1) is 11.9 Å². The smallest absolute Gasteiger partial charge is 0.244 e. The quantitative estimate of drug-likeness (QED) is 0.511. The number of aryl methyl sites for hydroxylation is 1. The first-order valence-corrected chi connectivity index (χ1v) is 14.6. The number of hydrogen-bond acceptors (Lipinski definition) is 4. The van der Waals surface area contributed by atoms with Crippen LogP contribution in [0.25, 0.3) is 0 Å². The number of sulfonamides is 1. The Kier molecular flexibility index (Phi) is 9.41. The highest BCUT2D eigenvalue weighted by molar-refractivity contribution is 7.92. The molecular weight excluding hydrogens is 498 g/mol. The highest BCUT2D eigenvalue weighted by atomic mass is 35.5. The lowest BCUT2D eigenvalue weighted by Crippen LogP contribution is -2.53. The molecule has 3 rings (SSSR count). The lowest BCUT2D eigenvalue weighted by Gasteiger charge is -2.33. The van der Waals surface area contributed by atoms with E-state index in [0.717, 1.165) is 47.4 Å². The van der Waals surface area contributed by atoms with E-state index in [4.69, 9.17) is 11.6 Å². The van der Waals surface area contributed by atoms with Gasteiger partial charge in [-0.15, -0.1) is 0 Å². The van der Waals surface area contributed by atoms with Crippen LogP contribution in [-0.4, -0.2) is 50.0 Å². The summed E-state index contributed by atoms with van der Waals surface area (Å²) in [5.41, 5.74) is 2.84. The topological polar surface area (TPSA) is 86.8 Å². The van der Waals surface area contributed by atoms with Gasteiger partial charge < -0.3 is 10.2 Å². The van der Waals surface area contributed by atoms with Crippen molar-refractivity contribution in [2.45, 2.75) is 71.5 Å². The van der Waals surface area contributed by atoms with Crippen LogP contribution in [0, 0.1) is 13.8 Å². The fourth-order valence-electron chi connectivity index (χ4n) is 4.50. The number of amides is 2. The molecule has 1 aliphatic carbocycles. The van der Waals surface area contributed by atoms with Gasteiger partial charge in [-0.05, 0) is 56.9 Å². The zero-order valence-corrected chi connectivity index (χ0v) is 23.0. The molecule has 1 saturated carbocycles. The predicted molar refractivity (Wildman–Crippen MR) is 145 cm³/mol. The number of carbonyl (C=O) groups is 2. The highest BCUT2D eigenvalue weighted by Gasteiger charge is 2.31. The van der Waals surface area contributed by atoms with Crippen LogP contribution in [0.3, 0.4) is 0 Å². The average Bonchev–Trinajstić information content (AvgIpc) is 2.83. The summed E-state index contributed by atoms with van der Waals surface area (Å²) in [7, 11) is -3.81. The Labute approximate surface area is 219 Å². The van der Waals surface area contributed by atoms with Crippen molar-refractivity contribution in [3.8, 4) is 0 Å². The second-order valence-corrected chi connectivity index (χ2v) is 12.0. The number of benzene rings is 2. The second-order valence-electron chi connectivity index (χ2n) is 9.68. The molecule has 196 valence electrons. The summed E-state index contributed by atoms with van der Waals surface area (Å²) in [6.07, 6.45) is 6.25. The molecule has 0 aliphatic heterocycles. The Hall–Kier alpha value is -2.58. The summed E-state index contributed by atoms with van der Waals surface area (Å²) in [5.74, 6) is -0.695. The van der Waals surface area contributed by atoms with Gasteiger partial charge in [0, 0.05) is 17.6 Å². The van der Waals surface area contributed by atoms with Gasteiger partial charge in [-0.1, -0.05) is 66.8 Å². The predicted octanol–water partition coefficient (Wildman–Crippen LogP) is 4.59.